The molecule has 25 heavy (non-hydrogen) atoms. The maximum Gasteiger partial charge on any atom is 0.340 e. The largest absolute Gasteiger partial charge is 0.358 e. The number of benzene rings is 2. The maximum atomic E-state index is 12.6. The Morgan fingerprint density at radius 2 is 1.72 bits per heavy atom. The van der Waals surface area contributed by atoms with E-state index in [2.05, 4.69) is 5.10 Å². The van der Waals surface area contributed by atoms with Crippen molar-refractivity contribution < 1.29 is 12.6 Å². The molecule has 0 amide bonds. The lowest BCUT2D eigenvalue weighted by Crippen LogP contribution is -2.12. The minimum absolute atomic E-state index is 0.119. The summed E-state index contributed by atoms with van der Waals surface area (Å²) in [4.78, 5) is 0.119. The van der Waals surface area contributed by atoms with E-state index >= 15 is 0 Å². The van der Waals surface area contributed by atoms with Gasteiger partial charge in [-0.25, -0.2) is 0 Å². The molecule has 0 saturated carbocycles. The van der Waals surface area contributed by atoms with Crippen molar-refractivity contribution in [3.8, 4) is 11.6 Å². The van der Waals surface area contributed by atoms with E-state index in [1.54, 1.807) is 30.3 Å². The minimum atomic E-state index is -3.93. The van der Waals surface area contributed by atoms with Crippen molar-refractivity contribution in [1.82, 2.24) is 9.78 Å². The molecule has 3 aromatic rings. The van der Waals surface area contributed by atoms with Gasteiger partial charge >= 0.3 is 10.1 Å². The summed E-state index contributed by atoms with van der Waals surface area (Å²) in [5, 5.41) is 4.46. The highest BCUT2D eigenvalue weighted by molar-refractivity contribution is 7.87. The van der Waals surface area contributed by atoms with E-state index in [1.165, 1.54) is 4.68 Å². The molecule has 0 aliphatic rings. The van der Waals surface area contributed by atoms with Crippen molar-refractivity contribution in [3.05, 3.63) is 71.4 Å². The van der Waals surface area contributed by atoms with Crippen LogP contribution in [-0.4, -0.2) is 18.2 Å². The van der Waals surface area contributed by atoms with E-state index in [-0.39, 0.29) is 10.8 Å². The van der Waals surface area contributed by atoms with E-state index < -0.39 is 10.1 Å². The fourth-order valence-electron chi connectivity index (χ4n) is 2.45. The number of nitrogens with zero attached hydrogens (tertiary/aromatic N) is 2. The lowest BCUT2D eigenvalue weighted by Gasteiger charge is -2.10. The Labute approximate surface area is 148 Å². The number of rotatable bonds is 5. The highest BCUT2D eigenvalue weighted by atomic mass is 32.2. The molecule has 0 bridgehead atoms. The van der Waals surface area contributed by atoms with Gasteiger partial charge in [-0.1, -0.05) is 36.8 Å². The van der Waals surface area contributed by atoms with Crippen LogP contribution >= 0.6 is 0 Å². The Kier molecular flexibility index (Phi) is 4.63. The molecule has 2 aromatic carbocycles. The van der Waals surface area contributed by atoms with Crippen molar-refractivity contribution >= 4 is 10.1 Å². The third-order valence-electron chi connectivity index (χ3n) is 3.84. The smallest absolute Gasteiger partial charge is 0.340 e. The third-order valence-corrected chi connectivity index (χ3v) is 5.08. The van der Waals surface area contributed by atoms with Crippen LogP contribution in [0.4, 0.5) is 0 Å². The summed E-state index contributed by atoms with van der Waals surface area (Å²) in [5.74, 6) is 0.183. The highest BCUT2D eigenvalue weighted by Gasteiger charge is 2.21. The average Bonchev–Trinajstić information content (AvgIpc) is 2.97. The van der Waals surface area contributed by atoms with Gasteiger partial charge in [-0.2, -0.15) is 18.2 Å². The molecule has 1 heterocycles. The van der Waals surface area contributed by atoms with Crippen LogP contribution in [0.2, 0.25) is 0 Å². The van der Waals surface area contributed by atoms with Crippen LogP contribution in [0.15, 0.2) is 59.5 Å². The molecule has 5 nitrogen and oxygen atoms in total. The van der Waals surface area contributed by atoms with Gasteiger partial charge in [0.1, 0.15) is 4.90 Å². The predicted molar refractivity (Wildman–Crippen MR) is 96.7 cm³/mol. The van der Waals surface area contributed by atoms with Gasteiger partial charge in [-0.05, 0) is 50.1 Å². The summed E-state index contributed by atoms with van der Waals surface area (Å²) >= 11 is 0. The quantitative estimate of drug-likeness (QED) is 0.652. The molecule has 0 fully saturated rings. The molecular formula is C19H20N2O3S. The first-order valence-corrected chi connectivity index (χ1v) is 9.47. The molecule has 1 aromatic heterocycles. The molecule has 3 rings (SSSR count). The second-order valence-electron chi connectivity index (χ2n) is 5.93. The Morgan fingerprint density at radius 3 is 2.36 bits per heavy atom. The van der Waals surface area contributed by atoms with Crippen LogP contribution in [0, 0.1) is 13.8 Å². The Balaban J connectivity index is 2.02. The first-order chi connectivity index (χ1) is 11.9. The van der Waals surface area contributed by atoms with E-state index in [9.17, 15) is 8.42 Å². The molecule has 0 unspecified atom stereocenters. The van der Waals surface area contributed by atoms with Gasteiger partial charge in [0.15, 0.2) is 0 Å². The topological polar surface area (TPSA) is 61.2 Å². The van der Waals surface area contributed by atoms with Crippen LogP contribution < -0.4 is 4.18 Å². The fraction of sp³-hybridized carbons (Fsp3) is 0.211. The number of aromatic nitrogens is 2. The van der Waals surface area contributed by atoms with E-state index in [0.29, 0.717) is 6.42 Å². The lowest BCUT2D eigenvalue weighted by molar-refractivity contribution is 0.465. The zero-order valence-electron chi connectivity index (χ0n) is 14.4. The summed E-state index contributed by atoms with van der Waals surface area (Å²) < 4.78 is 32.1. The molecule has 130 valence electrons. The minimum Gasteiger partial charge on any atom is -0.358 e. The summed E-state index contributed by atoms with van der Waals surface area (Å²) in [6.45, 7) is 5.83. The van der Waals surface area contributed by atoms with Crippen LogP contribution in [0.5, 0.6) is 5.88 Å². The first kappa shape index (κ1) is 17.2. The first-order valence-electron chi connectivity index (χ1n) is 8.06. The number of hydrogen-bond donors (Lipinski definition) is 0. The van der Waals surface area contributed by atoms with Crippen molar-refractivity contribution in [2.75, 3.05) is 0 Å². The second kappa shape index (κ2) is 6.72. The number of hydrogen-bond acceptors (Lipinski definition) is 4. The van der Waals surface area contributed by atoms with Crippen molar-refractivity contribution in [2.24, 2.45) is 0 Å². The van der Waals surface area contributed by atoms with Crippen molar-refractivity contribution in [1.29, 1.82) is 0 Å². The monoisotopic (exact) mass is 356 g/mol. The summed E-state index contributed by atoms with van der Waals surface area (Å²) in [6, 6.07) is 15.9. The second-order valence-corrected chi connectivity index (χ2v) is 7.48. The molecule has 0 aliphatic carbocycles. The molecule has 0 atom stereocenters. The maximum absolute atomic E-state index is 12.6. The van der Waals surface area contributed by atoms with Crippen molar-refractivity contribution in [2.45, 2.75) is 32.1 Å². The SMILES string of the molecule is CCc1cc(OS(=O)(=O)c2ccc(C)cc2)n(-c2cccc(C)c2)n1. The van der Waals surface area contributed by atoms with Crippen LogP contribution in [0.25, 0.3) is 5.69 Å². The molecule has 0 saturated heterocycles. The van der Waals surface area contributed by atoms with Crippen LogP contribution in [0.1, 0.15) is 23.7 Å². The van der Waals surface area contributed by atoms with Crippen LogP contribution in [0.3, 0.4) is 0 Å². The standard InChI is InChI=1S/C19H20N2O3S/c1-4-16-13-19(21(20-16)17-7-5-6-15(3)12-17)24-25(22,23)18-10-8-14(2)9-11-18/h5-13H,4H2,1-3H3. The summed E-state index contributed by atoms with van der Waals surface area (Å²) in [7, 11) is -3.93. The predicted octanol–water partition coefficient (Wildman–Crippen LogP) is 3.82. The molecule has 0 radical (unpaired) electrons. The van der Waals surface area contributed by atoms with Gasteiger partial charge < -0.3 is 4.18 Å². The number of aryl methyl sites for hydroxylation is 3. The molecule has 0 N–H and O–H groups in total. The zero-order chi connectivity index (χ0) is 18.0. The van der Waals surface area contributed by atoms with Gasteiger partial charge in [-0.15, -0.1) is 0 Å². The Morgan fingerprint density at radius 1 is 1.00 bits per heavy atom. The third kappa shape index (κ3) is 3.74. The Bertz CT molecular complexity index is 990. The van der Waals surface area contributed by atoms with Gasteiger partial charge in [0, 0.05) is 6.07 Å². The summed E-state index contributed by atoms with van der Waals surface area (Å²) in [5.41, 5.74) is 3.56. The Hall–Kier alpha value is -2.60. The van der Waals surface area contributed by atoms with E-state index in [1.807, 2.05) is 45.0 Å². The van der Waals surface area contributed by atoms with Crippen LogP contribution in [-0.2, 0) is 16.5 Å². The van der Waals surface area contributed by atoms with Gasteiger partial charge in [0.2, 0.25) is 5.88 Å². The van der Waals surface area contributed by atoms with E-state index in [0.717, 1.165) is 22.5 Å². The molecular weight excluding hydrogens is 336 g/mol. The van der Waals surface area contributed by atoms with E-state index in [4.69, 9.17) is 4.18 Å². The highest BCUT2D eigenvalue weighted by Crippen LogP contribution is 2.24. The molecule has 0 spiro atoms. The lowest BCUT2D eigenvalue weighted by atomic mass is 10.2. The normalized spacial score (nSPS) is 11.5. The van der Waals surface area contributed by atoms with Gasteiger partial charge in [-0.3, -0.25) is 0 Å². The van der Waals surface area contributed by atoms with Gasteiger partial charge in [0.25, 0.3) is 0 Å². The molecule has 0 aliphatic heterocycles. The van der Waals surface area contributed by atoms with Crippen molar-refractivity contribution in [3.63, 3.8) is 0 Å². The van der Waals surface area contributed by atoms with Gasteiger partial charge in [0.05, 0.1) is 11.4 Å². The molecule has 6 heteroatoms. The summed E-state index contributed by atoms with van der Waals surface area (Å²) in [6.07, 6.45) is 0.680. The zero-order valence-corrected chi connectivity index (χ0v) is 15.2. The fourth-order valence-corrected chi connectivity index (χ4v) is 3.36. The average molecular weight is 356 g/mol.